The zero-order valence-electron chi connectivity index (χ0n) is 10.8. The first-order valence-corrected chi connectivity index (χ1v) is 8.24. The molecule has 0 aromatic carbocycles. The van der Waals surface area contributed by atoms with Gasteiger partial charge in [0.1, 0.15) is 0 Å². The van der Waals surface area contributed by atoms with Gasteiger partial charge < -0.3 is 0 Å². The maximum atomic E-state index is 12.0. The van der Waals surface area contributed by atoms with Crippen LogP contribution in [0.3, 0.4) is 0 Å². The van der Waals surface area contributed by atoms with Gasteiger partial charge in [0.2, 0.25) is 15.9 Å². The Morgan fingerprint density at radius 1 is 1.48 bits per heavy atom. The summed E-state index contributed by atoms with van der Waals surface area (Å²) in [6.45, 7) is 0.226. The molecule has 1 aliphatic heterocycles. The number of primary sulfonamides is 1. The summed E-state index contributed by atoms with van der Waals surface area (Å²) in [5.74, 6) is -0.598. The molecule has 3 rings (SSSR count). The van der Waals surface area contributed by atoms with Crippen molar-refractivity contribution in [2.24, 2.45) is 11.1 Å². The first-order chi connectivity index (χ1) is 9.83. The number of amides is 1. The van der Waals surface area contributed by atoms with Crippen LogP contribution >= 0.6 is 11.6 Å². The van der Waals surface area contributed by atoms with Crippen molar-refractivity contribution < 1.29 is 13.2 Å². The number of halogens is 1. The van der Waals surface area contributed by atoms with E-state index in [1.807, 2.05) is 0 Å². The minimum Gasteiger partial charge on any atom is -0.279 e. The molecule has 0 radical (unpaired) electrons. The quantitative estimate of drug-likeness (QED) is 0.853. The number of nitrogens with two attached hydrogens (primary N) is 1. The van der Waals surface area contributed by atoms with Gasteiger partial charge in [0.25, 0.3) is 5.95 Å². The number of sulfonamides is 1. The summed E-state index contributed by atoms with van der Waals surface area (Å²) in [6.07, 6.45) is 1.78. The van der Waals surface area contributed by atoms with E-state index in [4.69, 9.17) is 16.7 Å². The van der Waals surface area contributed by atoms with E-state index in [0.717, 1.165) is 0 Å². The fraction of sp³-hybridized carbons (Fsp3) is 0.364. The molecule has 112 valence electrons. The maximum Gasteiger partial charge on any atom is 0.252 e. The first kappa shape index (κ1) is 14.2. The van der Waals surface area contributed by atoms with Crippen molar-refractivity contribution in [3.63, 3.8) is 0 Å². The smallest absolute Gasteiger partial charge is 0.252 e. The van der Waals surface area contributed by atoms with E-state index in [-0.39, 0.29) is 36.5 Å². The summed E-state index contributed by atoms with van der Waals surface area (Å²) in [5.41, 5.74) is 0.442. The fourth-order valence-electron chi connectivity index (χ4n) is 2.39. The molecule has 1 saturated heterocycles. The summed E-state index contributed by atoms with van der Waals surface area (Å²) in [6, 6.07) is 3.38. The second-order valence-corrected chi connectivity index (χ2v) is 7.01. The van der Waals surface area contributed by atoms with Gasteiger partial charge in [0, 0.05) is 25.1 Å². The molecular weight excluding hydrogens is 318 g/mol. The second-order valence-electron chi connectivity index (χ2n) is 4.94. The van der Waals surface area contributed by atoms with Gasteiger partial charge in [0.05, 0.1) is 10.8 Å². The average Bonchev–Trinajstić information content (AvgIpc) is 2.91. The highest BCUT2D eigenvalue weighted by molar-refractivity contribution is 7.89. The third kappa shape index (κ3) is 2.85. The molecular formula is C11H12ClN5O3S. The summed E-state index contributed by atoms with van der Waals surface area (Å²) in [7, 11) is -3.61. The number of pyridine rings is 1. The Kier molecular flexibility index (Phi) is 3.34. The lowest BCUT2D eigenvalue weighted by Gasteiger charge is -2.11. The first-order valence-electron chi connectivity index (χ1n) is 6.15. The van der Waals surface area contributed by atoms with Gasteiger partial charge >= 0.3 is 0 Å². The molecule has 1 amide bonds. The van der Waals surface area contributed by atoms with Crippen LogP contribution in [0.2, 0.25) is 5.02 Å². The van der Waals surface area contributed by atoms with Crippen molar-refractivity contribution in [1.82, 2.24) is 14.6 Å². The lowest BCUT2D eigenvalue weighted by molar-refractivity contribution is -0.117. The Bertz CT molecular complexity index is 818. The Morgan fingerprint density at radius 2 is 2.24 bits per heavy atom. The third-order valence-electron chi connectivity index (χ3n) is 3.22. The molecule has 1 fully saturated rings. The number of aromatic nitrogens is 3. The Balaban J connectivity index is 1.89. The molecule has 0 saturated carbocycles. The Morgan fingerprint density at radius 3 is 2.90 bits per heavy atom. The van der Waals surface area contributed by atoms with E-state index in [1.165, 1.54) is 9.42 Å². The molecule has 2 aromatic heterocycles. The molecule has 0 spiro atoms. The topological polar surface area (TPSA) is 111 Å². The number of hydrogen-bond donors (Lipinski definition) is 1. The standard InChI is InChI=1S/C11H12ClN5O3S/c12-8-2-1-3-17-10(8)14-11(15-17)16-5-7(4-9(16)18)6-21(13,19)20/h1-3,7H,4-6H2,(H2,13,19,20). The number of carbonyl (C=O) groups is 1. The number of carbonyl (C=O) groups excluding carboxylic acids is 1. The van der Waals surface area contributed by atoms with Gasteiger partial charge in [-0.2, -0.15) is 4.98 Å². The SMILES string of the molecule is NS(=O)(=O)CC1CC(=O)N(c2nc3c(Cl)cccn3n2)C1. The highest BCUT2D eigenvalue weighted by Crippen LogP contribution is 2.25. The molecule has 1 atom stereocenters. The van der Waals surface area contributed by atoms with Gasteiger partial charge in [-0.25, -0.2) is 18.1 Å². The van der Waals surface area contributed by atoms with Gasteiger partial charge in [-0.3, -0.25) is 9.69 Å². The molecule has 1 aliphatic rings. The van der Waals surface area contributed by atoms with Crippen molar-refractivity contribution >= 4 is 39.1 Å². The number of rotatable bonds is 3. The largest absolute Gasteiger partial charge is 0.279 e. The zero-order valence-corrected chi connectivity index (χ0v) is 12.4. The van der Waals surface area contributed by atoms with E-state index in [1.54, 1.807) is 18.3 Å². The molecule has 0 bridgehead atoms. The summed E-state index contributed by atoms with van der Waals surface area (Å²) in [4.78, 5) is 17.6. The summed E-state index contributed by atoms with van der Waals surface area (Å²) >= 11 is 6.01. The van der Waals surface area contributed by atoms with Gasteiger partial charge in [0.15, 0.2) is 5.65 Å². The third-order valence-corrected chi connectivity index (χ3v) is 4.45. The normalized spacial score (nSPS) is 19.6. The molecule has 3 heterocycles. The van der Waals surface area contributed by atoms with Crippen LogP contribution in [0.4, 0.5) is 5.95 Å². The minimum absolute atomic E-state index is 0.111. The lowest BCUT2D eigenvalue weighted by Crippen LogP contribution is -2.28. The van der Waals surface area contributed by atoms with E-state index in [0.29, 0.717) is 10.7 Å². The number of fused-ring (bicyclic) bond motifs is 1. The molecule has 21 heavy (non-hydrogen) atoms. The van der Waals surface area contributed by atoms with Crippen LogP contribution in [0.15, 0.2) is 18.3 Å². The molecule has 8 nitrogen and oxygen atoms in total. The molecule has 0 aliphatic carbocycles. The number of anilines is 1. The van der Waals surface area contributed by atoms with Crippen LogP contribution < -0.4 is 10.0 Å². The highest BCUT2D eigenvalue weighted by atomic mass is 35.5. The van der Waals surface area contributed by atoms with E-state index in [2.05, 4.69) is 10.1 Å². The highest BCUT2D eigenvalue weighted by Gasteiger charge is 2.34. The van der Waals surface area contributed by atoms with Crippen molar-refractivity contribution in [2.45, 2.75) is 6.42 Å². The number of hydrogen-bond acceptors (Lipinski definition) is 5. The van der Waals surface area contributed by atoms with Gasteiger partial charge in [-0.15, -0.1) is 5.10 Å². The monoisotopic (exact) mass is 329 g/mol. The van der Waals surface area contributed by atoms with Crippen molar-refractivity contribution in [2.75, 3.05) is 17.2 Å². The zero-order chi connectivity index (χ0) is 15.2. The predicted octanol–water partition coefficient (Wildman–Crippen LogP) is 0.0241. The lowest BCUT2D eigenvalue weighted by atomic mass is 10.1. The Hall–Kier alpha value is -1.71. The number of nitrogens with zero attached hydrogens (tertiary/aromatic N) is 4. The minimum atomic E-state index is -3.61. The van der Waals surface area contributed by atoms with E-state index in [9.17, 15) is 13.2 Å². The molecule has 2 aromatic rings. The van der Waals surface area contributed by atoms with Crippen LogP contribution in [0.25, 0.3) is 5.65 Å². The van der Waals surface area contributed by atoms with Crippen molar-refractivity contribution in [1.29, 1.82) is 0 Å². The predicted molar refractivity (Wildman–Crippen MR) is 76.4 cm³/mol. The molecule has 2 N–H and O–H groups in total. The second kappa shape index (κ2) is 4.93. The van der Waals surface area contributed by atoms with E-state index < -0.39 is 10.0 Å². The van der Waals surface area contributed by atoms with Crippen LogP contribution in [-0.4, -0.2) is 41.2 Å². The molecule has 10 heteroatoms. The fourth-order valence-corrected chi connectivity index (χ4v) is 3.47. The van der Waals surface area contributed by atoms with Gasteiger partial charge in [-0.1, -0.05) is 11.6 Å². The van der Waals surface area contributed by atoms with Crippen LogP contribution in [0, 0.1) is 5.92 Å². The van der Waals surface area contributed by atoms with E-state index >= 15 is 0 Å². The van der Waals surface area contributed by atoms with Crippen LogP contribution in [0.5, 0.6) is 0 Å². The van der Waals surface area contributed by atoms with Crippen LogP contribution in [-0.2, 0) is 14.8 Å². The Labute approximate surface area is 125 Å². The van der Waals surface area contributed by atoms with Crippen molar-refractivity contribution in [3.8, 4) is 0 Å². The van der Waals surface area contributed by atoms with Crippen molar-refractivity contribution in [3.05, 3.63) is 23.4 Å². The summed E-state index contributed by atoms with van der Waals surface area (Å²) < 4.78 is 23.7. The average molecular weight is 330 g/mol. The van der Waals surface area contributed by atoms with Gasteiger partial charge in [-0.05, 0) is 12.1 Å². The maximum absolute atomic E-state index is 12.0. The molecule has 1 unspecified atom stereocenters. The van der Waals surface area contributed by atoms with Crippen LogP contribution in [0.1, 0.15) is 6.42 Å². The summed E-state index contributed by atoms with van der Waals surface area (Å²) in [5, 5.41) is 9.62.